The number of rotatable bonds is 6. The van der Waals surface area contributed by atoms with E-state index in [0.29, 0.717) is 0 Å². The van der Waals surface area contributed by atoms with Gasteiger partial charge in [-0.3, -0.25) is 0 Å². The number of aliphatic hydroxyl groups excluding tert-OH is 1. The molecule has 2 unspecified atom stereocenters. The summed E-state index contributed by atoms with van der Waals surface area (Å²) in [7, 11) is 0. The van der Waals surface area contributed by atoms with Crippen LogP contribution < -0.4 is 10.6 Å². The van der Waals surface area contributed by atoms with E-state index in [-0.39, 0.29) is 24.6 Å². The molecule has 1 aliphatic rings. The number of hydrogen-bond donors (Lipinski definition) is 3. The Kier molecular flexibility index (Phi) is 4.84. The first-order valence-corrected chi connectivity index (χ1v) is 5.52. The van der Waals surface area contributed by atoms with E-state index >= 15 is 0 Å². The first-order chi connectivity index (χ1) is 7.15. The topological polar surface area (TPSA) is 64.6 Å². The van der Waals surface area contributed by atoms with E-state index in [4.69, 9.17) is 5.11 Å². The minimum absolute atomic E-state index is 0.0275. The van der Waals surface area contributed by atoms with Crippen LogP contribution in [0, 0.1) is 5.92 Å². The van der Waals surface area contributed by atoms with Crippen molar-refractivity contribution in [1.82, 2.24) is 15.5 Å². The van der Waals surface area contributed by atoms with Crippen molar-refractivity contribution >= 4 is 6.03 Å². The summed E-state index contributed by atoms with van der Waals surface area (Å²) in [6, 6.07) is 0.306. The minimum atomic E-state index is 0.0275. The molecule has 2 atom stereocenters. The van der Waals surface area contributed by atoms with Crippen molar-refractivity contribution in [2.45, 2.75) is 19.9 Å². The Balaban J connectivity index is 2.13. The van der Waals surface area contributed by atoms with Gasteiger partial charge in [-0.25, -0.2) is 4.79 Å². The molecule has 0 spiro atoms. The molecular formula is C10H21N3O2. The lowest BCUT2D eigenvalue weighted by Gasteiger charge is -2.21. The van der Waals surface area contributed by atoms with Gasteiger partial charge in [-0.05, 0) is 12.8 Å². The Morgan fingerprint density at radius 3 is 2.87 bits per heavy atom. The Morgan fingerprint density at radius 1 is 1.60 bits per heavy atom. The van der Waals surface area contributed by atoms with E-state index in [1.165, 1.54) is 0 Å². The van der Waals surface area contributed by atoms with Gasteiger partial charge in [-0.15, -0.1) is 0 Å². The third kappa shape index (κ3) is 3.68. The fourth-order valence-electron chi connectivity index (χ4n) is 1.51. The van der Waals surface area contributed by atoms with Crippen LogP contribution in [0.5, 0.6) is 0 Å². The monoisotopic (exact) mass is 215 g/mol. The number of nitrogens with zero attached hydrogens (tertiary/aromatic N) is 1. The maximum Gasteiger partial charge on any atom is 0.317 e. The van der Waals surface area contributed by atoms with E-state index < -0.39 is 0 Å². The molecule has 0 bridgehead atoms. The van der Waals surface area contributed by atoms with Crippen molar-refractivity contribution in [1.29, 1.82) is 0 Å². The molecule has 0 radical (unpaired) electrons. The summed E-state index contributed by atoms with van der Waals surface area (Å²) in [5, 5.41) is 15.0. The van der Waals surface area contributed by atoms with Crippen molar-refractivity contribution < 1.29 is 9.90 Å². The lowest BCUT2D eigenvalue weighted by Crippen LogP contribution is -2.40. The highest BCUT2D eigenvalue weighted by atomic mass is 16.3. The summed E-state index contributed by atoms with van der Waals surface area (Å²) in [5.74, 6) is 0.248. The van der Waals surface area contributed by atoms with Gasteiger partial charge in [-0.1, -0.05) is 6.92 Å². The summed E-state index contributed by atoms with van der Waals surface area (Å²) >= 11 is 0. The first-order valence-electron chi connectivity index (χ1n) is 5.52. The zero-order valence-corrected chi connectivity index (χ0v) is 9.49. The highest BCUT2D eigenvalue weighted by molar-refractivity contribution is 5.76. The van der Waals surface area contributed by atoms with Gasteiger partial charge in [0.25, 0.3) is 0 Å². The lowest BCUT2D eigenvalue weighted by molar-refractivity contribution is 0.200. The number of amides is 2. The Hall–Kier alpha value is -0.810. The number of carbonyl (C=O) groups excluding carboxylic acids is 1. The molecule has 3 N–H and O–H groups in total. The quantitative estimate of drug-likeness (QED) is 0.566. The molecule has 5 nitrogen and oxygen atoms in total. The zero-order valence-electron chi connectivity index (χ0n) is 9.49. The average Bonchev–Trinajstić information content (AvgIpc) is 2.63. The van der Waals surface area contributed by atoms with Crippen molar-refractivity contribution in [3.63, 3.8) is 0 Å². The van der Waals surface area contributed by atoms with Gasteiger partial charge in [-0.2, -0.15) is 0 Å². The van der Waals surface area contributed by atoms with Gasteiger partial charge < -0.3 is 20.6 Å². The number of carbonyl (C=O) groups is 1. The number of nitrogens with one attached hydrogen (secondary N) is 2. The van der Waals surface area contributed by atoms with E-state index in [2.05, 4.69) is 10.6 Å². The predicted molar refractivity (Wildman–Crippen MR) is 58.7 cm³/mol. The predicted octanol–water partition coefficient (Wildman–Crippen LogP) is -0.382. The van der Waals surface area contributed by atoms with Gasteiger partial charge >= 0.3 is 6.03 Å². The highest BCUT2D eigenvalue weighted by Crippen LogP contribution is 2.00. The molecule has 0 aromatic heterocycles. The van der Waals surface area contributed by atoms with Crippen LogP contribution in [0.1, 0.15) is 13.8 Å². The van der Waals surface area contributed by atoms with Gasteiger partial charge in [0.2, 0.25) is 0 Å². The number of urea groups is 1. The molecule has 0 aromatic carbocycles. The van der Waals surface area contributed by atoms with Crippen LogP contribution in [0.4, 0.5) is 4.79 Å². The summed E-state index contributed by atoms with van der Waals surface area (Å²) < 4.78 is 0. The second-order valence-corrected chi connectivity index (χ2v) is 4.12. The highest BCUT2D eigenvalue weighted by Gasteiger charge is 2.19. The van der Waals surface area contributed by atoms with Crippen molar-refractivity contribution in [2.75, 3.05) is 32.8 Å². The van der Waals surface area contributed by atoms with Crippen LogP contribution in [-0.2, 0) is 0 Å². The molecule has 1 aliphatic heterocycles. The van der Waals surface area contributed by atoms with Crippen LogP contribution in [0.15, 0.2) is 0 Å². The summed E-state index contributed by atoms with van der Waals surface area (Å²) in [6.45, 7) is 7.29. The Morgan fingerprint density at radius 2 is 2.33 bits per heavy atom. The zero-order chi connectivity index (χ0) is 11.3. The van der Waals surface area contributed by atoms with Gasteiger partial charge in [0.15, 0.2) is 0 Å². The standard InChI is InChI=1S/C10H21N3O2/c1-8(7-14)9(2)11-3-5-13-6-4-12-10(13)15/h8-9,11,14H,3-7H2,1-2H3,(H,12,15). The molecule has 5 heteroatoms. The molecular weight excluding hydrogens is 194 g/mol. The fourth-order valence-corrected chi connectivity index (χ4v) is 1.51. The molecule has 0 aromatic rings. The van der Waals surface area contributed by atoms with Crippen LogP contribution in [0.25, 0.3) is 0 Å². The summed E-state index contributed by atoms with van der Waals surface area (Å²) in [6.07, 6.45) is 0. The summed E-state index contributed by atoms with van der Waals surface area (Å²) in [4.78, 5) is 13.0. The molecule has 15 heavy (non-hydrogen) atoms. The number of aliphatic hydroxyl groups is 1. The smallest absolute Gasteiger partial charge is 0.317 e. The third-order valence-electron chi connectivity index (χ3n) is 2.93. The molecule has 1 rings (SSSR count). The molecule has 88 valence electrons. The van der Waals surface area contributed by atoms with Crippen molar-refractivity contribution in [3.05, 3.63) is 0 Å². The van der Waals surface area contributed by atoms with E-state index in [1.807, 2.05) is 13.8 Å². The van der Waals surface area contributed by atoms with Crippen LogP contribution in [-0.4, -0.2) is 54.9 Å². The Labute approximate surface area is 90.8 Å². The van der Waals surface area contributed by atoms with Crippen LogP contribution >= 0.6 is 0 Å². The fraction of sp³-hybridized carbons (Fsp3) is 0.900. The van der Waals surface area contributed by atoms with Crippen LogP contribution in [0.3, 0.4) is 0 Å². The Bertz CT molecular complexity index is 211. The molecule has 1 saturated heterocycles. The number of hydrogen-bond acceptors (Lipinski definition) is 3. The molecule has 0 aliphatic carbocycles. The normalized spacial score (nSPS) is 20.2. The largest absolute Gasteiger partial charge is 0.396 e. The second kappa shape index (κ2) is 5.92. The van der Waals surface area contributed by atoms with E-state index in [0.717, 1.165) is 26.2 Å². The van der Waals surface area contributed by atoms with Gasteiger partial charge in [0.05, 0.1) is 0 Å². The van der Waals surface area contributed by atoms with Gasteiger partial charge in [0.1, 0.15) is 0 Å². The van der Waals surface area contributed by atoms with Gasteiger partial charge in [0, 0.05) is 38.8 Å². The van der Waals surface area contributed by atoms with Crippen LogP contribution in [0.2, 0.25) is 0 Å². The molecule has 1 heterocycles. The first kappa shape index (κ1) is 12.3. The molecule has 1 fully saturated rings. The SMILES string of the molecule is CC(CO)C(C)NCCN1CCNC1=O. The molecule has 2 amide bonds. The summed E-state index contributed by atoms with van der Waals surface area (Å²) in [5.41, 5.74) is 0. The van der Waals surface area contributed by atoms with Crippen molar-refractivity contribution in [3.8, 4) is 0 Å². The minimum Gasteiger partial charge on any atom is -0.396 e. The molecule has 0 saturated carbocycles. The van der Waals surface area contributed by atoms with E-state index in [9.17, 15) is 4.79 Å². The maximum absolute atomic E-state index is 11.2. The lowest BCUT2D eigenvalue weighted by atomic mass is 10.1. The average molecular weight is 215 g/mol. The second-order valence-electron chi connectivity index (χ2n) is 4.12. The maximum atomic E-state index is 11.2. The van der Waals surface area contributed by atoms with E-state index in [1.54, 1.807) is 4.90 Å². The van der Waals surface area contributed by atoms with Crippen molar-refractivity contribution in [2.24, 2.45) is 5.92 Å². The third-order valence-corrected chi connectivity index (χ3v) is 2.93.